The van der Waals surface area contributed by atoms with Crippen molar-refractivity contribution in [2.24, 2.45) is 0 Å². The Bertz CT molecular complexity index is 517. The standard InChI is InChI=1S/C17H22N2/c1-12(2)13-6-8-14(9-7-13)16-18-10-15(11-19-16)17(3,4)5/h6-12H,1-5H3/i12T. The van der Waals surface area contributed by atoms with Crippen molar-refractivity contribution in [2.45, 2.75) is 45.9 Å². The van der Waals surface area contributed by atoms with E-state index < -0.39 is 5.89 Å². The Morgan fingerprint density at radius 1 is 1.00 bits per heavy atom. The van der Waals surface area contributed by atoms with Crippen LogP contribution in [0.4, 0.5) is 0 Å². The molecule has 2 heteroatoms. The van der Waals surface area contributed by atoms with E-state index in [4.69, 9.17) is 1.37 Å². The van der Waals surface area contributed by atoms with Crippen LogP contribution >= 0.6 is 0 Å². The van der Waals surface area contributed by atoms with E-state index in [9.17, 15) is 0 Å². The second-order valence-corrected chi connectivity index (χ2v) is 6.12. The molecule has 0 radical (unpaired) electrons. The molecule has 2 rings (SSSR count). The molecule has 19 heavy (non-hydrogen) atoms. The molecule has 0 amide bonds. The summed E-state index contributed by atoms with van der Waals surface area (Å²) in [5.41, 5.74) is 3.17. The van der Waals surface area contributed by atoms with Crippen molar-refractivity contribution in [3.63, 3.8) is 0 Å². The first-order valence-electron chi connectivity index (χ1n) is 7.11. The zero-order valence-electron chi connectivity index (χ0n) is 13.4. The molecule has 1 aromatic heterocycles. The lowest BCUT2D eigenvalue weighted by Gasteiger charge is -2.17. The molecule has 0 spiro atoms. The van der Waals surface area contributed by atoms with Crippen molar-refractivity contribution < 1.29 is 1.37 Å². The second kappa shape index (κ2) is 5.12. The minimum atomic E-state index is -0.574. The van der Waals surface area contributed by atoms with Crippen molar-refractivity contribution in [1.82, 2.24) is 9.97 Å². The van der Waals surface area contributed by atoms with E-state index >= 15 is 0 Å². The smallest absolute Gasteiger partial charge is 0.159 e. The summed E-state index contributed by atoms with van der Waals surface area (Å²) in [6.45, 7) is 10.2. The average Bonchev–Trinajstić information content (AvgIpc) is 2.37. The summed E-state index contributed by atoms with van der Waals surface area (Å²) < 4.78 is 8.01. The number of nitrogens with zero attached hydrogens (tertiary/aromatic N) is 2. The Kier molecular flexibility index (Phi) is 3.33. The van der Waals surface area contributed by atoms with E-state index in [-0.39, 0.29) is 5.41 Å². The molecule has 100 valence electrons. The highest BCUT2D eigenvalue weighted by molar-refractivity contribution is 5.55. The van der Waals surface area contributed by atoms with Crippen LogP contribution in [0, 0.1) is 0 Å². The zero-order chi connectivity index (χ0) is 15.0. The average molecular weight is 256 g/mol. The van der Waals surface area contributed by atoms with Gasteiger partial charge in [-0.3, -0.25) is 0 Å². The van der Waals surface area contributed by atoms with Crippen LogP contribution in [0.25, 0.3) is 11.4 Å². The Morgan fingerprint density at radius 2 is 1.53 bits per heavy atom. The van der Waals surface area contributed by atoms with Gasteiger partial charge in [-0.1, -0.05) is 58.9 Å². The molecule has 0 aliphatic carbocycles. The normalized spacial score (nSPS) is 13.2. The van der Waals surface area contributed by atoms with Gasteiger partial charge in [0.15, 0.2) is 5.82 Å². The van der Waals surface area contributed by atoms with Gasteiger partial charge in [-0.05, 0) is 22.4 Å². The lowest BCUT2D eigenvalue weighted by atomic mass is 9.89. The number of aromatic nitrogens is 2. The minimum absolute atomic E-state index is 0.0671. The number of benzene rings is 1. The molecular weight excluding hydrogens is 232 g/mol. The van der Waals surface area contributed by atoms with Crippen molar-refractivity contribution in [1.29, 1.82) is 0 Å². The first-order chi connectivity index (χ1) is 9.18. The summed E-state index contributed by atoms with van der Waals surface area (Å²) in [5.74, 6) is 0.155. The van der Waals surface area contributed by atoms with Crippen LogP contribution in [0.2, 0.25) is 0 Å². The third kappa shape index (κ3) is 3.19. The van der Waals surface area contributed by atoms with Gasteiger partial charge >= 0.3 is 0 Å². The number of hydrogen-bond donors (Lipinski definition) is 0. The maximum absolute atomic E-state index is 8.01. The number of hydrogen-bond acceptors (Lipinski definition) is 2. The van der Waals surface area contributed by atoms with Crippen molar-refractivity contribution >= 4 is 0 Å². The molecule has 0 saturated carbocycles. The highest BCUT2D eigenvalue weighted by atomic mass is 14.9. The summed E-state index contributed by atoms with van der Waals surface area (Å²) in [6, 6.07) is 7.92. The van der Waals surface area contributed by atoms with Crippen LogP contribution in [0.15, 0.2) is 36.7 Å². The molecule has 0 atom stereocenters. The maximum atomic E-state index is 8.01. The van der Waals surface area contributed by atoms with Gasteiger partial charge in [-0.2, -0.15) is 0 Å². The summed E-state index contributed by atoms with van der Waals surface area (Å²) in [6.07, 6.45) is 3.79. The third-order valence-corrected chi connectivity index (χ3v) is 3.24. The van der Waals surface area contributed by atoms with Gasteiger partial charge in [-0.25, -0.2) is 9.97 Å². The molecule has 0 aliphatic rings. The van der Waals surface area contributed by atoms with Crippen LogP contribution < -0.4 is 0 Å². The zero-order valence-corrected chi connectivity index (χ0v) is 12.4. The fourth-order valence-corrected chi connectivity index (χ4v) is 1.82. The number of rotatable bonds is 2. The van der Waals surface area contributed by atoms with E-state index in [1.54, 1.807) is 0 Å². The molecule has 0 fully saturated rings. The van der Waals surface area contributed by atoms with Crippen molar-refractivity contribution in [2.75, 3.05) is 0 Å². The van der Waals surface area contributed by atoms with Gasteiger partial charge in [0.1, 0.15) is 0 Å². The Labute approximate surface area is 117 Å². The first-order valence-corrected chi connectivity index (χ1v) is 6.61. The quantitative estimate of drug-likeness (QED) is 0.787. The SMILES string of the molecule is [3H]C(C)(C)c1ccc(-c2ncc(C(C)(C)C)cn2)cc1. The molecule has 0 saturated heterocycles. The van der Waals surface area contributed by atoms with E-state index in [1.807, 2.05) is 50.5 Å². The van der Waals surface area contributed by atoms with Gasteiger partial charge < -0.3 is 0 Å². The molecule has 2 aromatic rings. The monoisotopic (exact) mass is 256 g/mol. The highest BCUT2D eigenvalue weighted by Gasteiger charge is 2.14. The van der Waals surface area contributed by atoms with Crippen LogP contribution in [0.1, 0.15) is 53.0 Å². The Morgan fingerprint density at radius 3 is 1.95 bits per heavy atom. The third-order valence-electron chi connectivity index (χ3n) is 3.24. The molecule has 0 N–H and O–H groups in total. The van der Waals surface area contributed by atoms with Crippen LogP contribution in [-0.4, -0.2) is 9.97 Å². The van der Waals surface area contributed by atoms with Gasteiger partial charge in [0.05, 0.1) is 0 Å². The van der Waals surface area contributed by atoms with Crippen LogP contribution in [0.3, 0.4) is 0 Å². The van der Waals surface area contributed by atoms with Crippen LogP contribution in [-0.2, 0) is 5.41 Å². The van der Waals surface area contributed by atoms with E-state index in [1.165, 1.54) is 0 Å². The van der Waals surface area contributed by atoms with Gasteiger partial charge in [-0.15, -0.1) is 0 Å². The molecule has 0 unspecified atom stereocenters. The summed E-state index contributed by atoms with van der Waals surface area (Å²) >= 11 is 0. The maximum Gasteiger partial charge on any atom is 0.159 e. The minimum Gasteiger partial charge on any atom is -0.236 e. The van der Waals surface area contributed by atoms with Crippen molar-refractivity contribution in [3.05, 3.63) is 47.8 Å². The van der Waals surface area contributed by atoms with Crippen molar-refractivity contribution in [3.8, 4) is 11.4 Å². The lowest BCUT2D eigenvalue weighted by molar-refractivity contribution is 0.584. The predicted octanol–water partition coefficient (Wildman–Crippen LogP) is 4.56. The largest absolute Gasteiger partial charge is 0.236 e. The van der Waals surface area contributed by atoms with Gasteiger partial charge in [0.25, 0.3) is 0 Å². The Balaban J connectivity index is 2.29. The summed E-state index contributed by atoms with van der Waals surface area (Å²) in [5, 5.41) is 0. The topological polar surface area (TPSA) is 25.8 Å². The fraction of sp³-hybridized carbons (Fsp3) is 0.412. The fourth-order valence-electron chi connectivity index (χ4n) is 1.82. The Hall–Kier alpha value is -1.70. The van der Waals surface area contributed by atoms with E-state index in [2.05, 4.69) is 30.7 Å². The van der Waals surface area contributed by atoms with E-state index in [0.717, 1.165) is 22.5 Å². The molecule has 0 aliphatic heterocycles. The predicted molar refractivity (Wildman–Crippen MR) is 80.3 cm³/mol. The summed E-state index contributed by atoms with van der Waals surface area (Å²) in [4.78, 5) is 8.90. The molecule has 1 heterocycles. The first kappa shape index (κ1) is 12.3. The lowest BCUT2D eigenvalue weighted by Crippen LogP contribution is -2.12. The van der Waals surface area contributed by atoms with Gasteiger partial charge in [0.2, 0.25) is 0 Å². The second-order valence-electron chi connectivity index (χ2n) is 6.12. The van der Waals surface area contributed by atoms with Gasteiger partial charge in [0, 0.05) is 19.3 Å². The molecule has 2 nitrogen and oxygen atoms in total. The summed E-state index contributed by atoms with van der Waals surface area (Å²) in [7, 11) is 0. The molecule has 0 bridgehead atoms. The van der Waals surface area contributed by atoms with E-state index in [0.29, 0.717) is 0 Å². The van der Waals surface area contributed by atoms with Crippen LogP contribution in [0.5, 0.6) is 0 Å². The molecular formula is C17H22N2. The highest BCUT2D eigenvalue weighted by Crippen LogP contribution is 2.23. The molecule has 1 aromatic carbocycles.